The summed E-state index contributed by atoms with van der Waals surface area (Å²) in [5.41, 5.74) is 2.77. The lowest BCUT2D eigenvalue weighted by Gasteiger charge is -2.36. The maximum atomic E-state index is 13.4. The molecule has 204 valence electrons. The number of halogens is 3. The van der Waals surface area contributed by atoms with Crippen molar-refractivity contribution in [1.82, 2.24) is 14.8 Å². The van der Waals surface area contributed by atoms with E-state index in [0.717, 1.165) is 18.4 Å². The smallest absolute Gasteiger partial charge is 0.475 e. The topological polar surface area (TPSA) is 90.8 Å². The Morgan fingerprint density at radius 3 is 2.08 bits per heavy atom. The number of hydrogen-bond donors (Lipinski definition) is 1. The average Bonchev–Trinajstić information content (AvgIpc) is 3.24. The van der Waals surface area contributed by atoms with Gasteiger partial charge in [-0.25, -0.2) is 4.79 Å². The van der Waals surface area contributed by atoms with Crippen molar-refractivity contribution in [3.05, 3.63) is 102 Å². The third kappa shape index (κ3) is 6.27. The molecular weight excluding hydrogens is 511 g/mol. The molecule has 0 aliphatic carbocycles. The number of likely N-dealkylation sites (tertiary alicyclic amines) is 2. The number of rotatable bonds is 4. The second-order valence-electron chi connectivity index (χ2n) is 9.58. The van der Waals surface area contributed by atoms with Crippen LogP contribution < -0.4 is 0 Å². The van der Waals surface area contributed by atoms with Gasteiger partial charge >= 0.3 is 12.1 Å². The molecule has 39 heavy (non-hydrogen) atoms. The molecule has 2 aliphatic rings. The van der Waals surface area contributed by atoms with Gasteiger partial charge in [-0.05, 0) is 36.1 Å². The van der Waals surface area contributed by atoms with Crippen LogP contribution in [0.1, 0.15) is 40.7 Å². The minimum Gasteiger partial charge on any atom is -0.475 e. The van der Waals surface area contributed by atoms with Crippen molar-refractivity contribution >= 4 is 17.8 Å². The van der Waals surface area contributed by atoms with Gasteiger partial charge in [0.1, 0.15) is 0 Å². The Hall–Kier alpha value is -4.21. The molecule has 7 nitrogen and oxygen atoms in total. The highest BCUT2D eigenvalue weighted by Gasteiger charge is 2.52. The van der Waals surface area contributed by atoms with E-state index in [-0.39, 0.29) is 23.3 Å². The Morgan fingerprint density at radius 2 is 1.49 bits per heavy atom. The average molecular weight is 540 g/mol. The van der Waals surface area contributed by atoms with Crippen LogP contribution in [0.3, 0.4) is 0 Å². The Balaban J connectivity index is 0.000000448. The lowest BCUT2D eigenvalue weighted by molar-refractivity contribution is -0.192. The van der Waals surface area contributed by atoms with E-state index in [0.29, 0.717) is 31.6 Å². The van der Waals surface area contributed by atoms with Crippen molar-refractivity contribution in [2.75, 3.05) is 13.1 Å². The first-order chi connectivity index (χ1) is 18.6. The predicted molar refractivity (Wildman–Crippen MR) is 137 cm³/mol. The van der Waals surface area contributed by atoms with Gasteiger partial charge in [-0.1, -0.05) is 60.7 Å². The monoisotopic (exact) mass is 539 g/mol. The number of fused-ring (bicyclic) bond motifs is 1. The first-order valence-corrected chi connectivity index (χ1v) is 12.5. The van der Waals surface area contributed by atoms with Crippen molar-refractivity contribution in [3.63, 3.8) is 0 Å². The van der Waals surface area contributed by atoms with Gasteiger partial charge in [0.15, 0.2) is 0 Å². The van der Waals surface area contributed by atoms with E-state index < -0.39 is 12.1 Å². The summed E-state index contributed by atoms with van der Waals surface area (Å²) < 4.78 is 31.7. The molecular formula is C29H28F3N3O4. The first kappa shape index (κ1) is 27.8. The van der Waals surface area contributed by atoms with Gasteiger partial charge in [0.25, 0.3) is 5.91 Å². The van der Waals surface area contributed by atoms with E-state index in [1.165, 1.54) is 5.56 Å². The molecule has 0 unspecified atom stereocenters. The van der Waals surface area contributed by atoms with E-state index in [2.05, 4.69) is 41.4 Å². The molecule has 2 fully saturated rings. The van der Waals surface area contributed by atoms with Crippen LogP contribution in [0.4, 0.5) is 13.2 Å². The van der Waals surface area contributed by atoms with E-state index in [9.17, 15) is 22.8 Å². The summed E-state index contributed by atoms with van der Waals surface area (Å²) in [5, 5.41) is 7.12. The molecule has 0 spiro atoms. The number of carbonyl (C=O) groups excluding carboxylic acids is 2. The zero-order valence-corrected chi connectivity index (χ0v) is 21.1. The first-order valence-electron chi connectivity index (χ1n) is 12.5. The molecule has 0 bridgehead atoms. The molecule has 10 heteroatoms. The predicted octanol–water partition coefficient (Wildman–Crippen LogP) is 4.69. The van der Waals surface area contributed by atoms with Gasteiger partial charge < -0.3 is 14.9 Å². The summed E-state index contributed by atoms with van der Waals surface area (Å²) in [5.74, 6) is -2.65. The van der Waals surface area contributed by atoms with Crippen molar-refractivity contribution in [3.8, 4) is 0 Å². The van der Waals surface area contributed by atoms with Crippen LogP contribution in [0.25, 0.3) is 0 Å². The number of pyridine rings is 1. The van der Waals surface area contributed by atoms with Gasteiger partial charge in [-0.2, -0.15) is 13.2 Å². The van der Waals surface area contributed by atoms with Crippen LogP contribution in [0.2, 0.25) is 0 Å². The molecule has 2 aromatic carbocycles. The number of hydrogen-bond acceptors (Lipinski definition) is 4. The van der Waals surface area contributed by atoms with Gasteiger partial charge in [0.2, 0.25) is 5.91 Å². The van der Waals surface area contributed by atoms with Gasteiger partial charge in [-0.15, -0.1) is 0 Å². The van der Waals surface area contributed by atoms with Crippen molar-refractivity contribution in [2.24, 2.45) is 0 Å². The second-order valence-corrected chi connectivity index (χ2v) is 9.58. The molecule has 1 N–H and O–H groups in total. The van der Waals surface area contributed by atoms with Crippen molar-refractivity contribution < 1.29 is 32.7 Å². The highest BCUT2D eigenvalue weighted by Crippen LogP contribution is 2.46. The van der Waals surface area contributed by atoms with Crippen LogP contribution in [-0.2, 0) is 21.5 Å². The van der Waals surface area contributed by atoms with E-state index in [1.807, 2.05) is 34.1 Å². The third-order valence-electron chi connectivity index (χ3n) is 7.36. The van der Waals surface area contributed by atoms with E-state index in [4.69, 9.17) is 9.90 Å². The Kier molecular flexibility index (Phi) is 8.32. The lowest BCUT2D eigenvalue weighted by Crippen LogP contribution is -2.45. The third-order valence-corrected chi connectivity index (χ3v) is 7.36. The normalized spacial score (nSPS) is 20.9. The van der Waals surface area contributed by atoms with Crippen LogP contribution in [0, 0.1) is 0 Å². The van der Waals surface area contributed by atoms with Crippen LogP contribution in [0.15, 0.2) is 85.2 Å². The highest BCUT2D eigenvalue weighted by atomic mass is 19.4. The highest BCUT2D eigenvalue weighted by molar-refractivity contribution is 5.95. The maximum absolute atomic E-state index is 13.4. The Bertz CT molecular complexity index is 1290. The van der Waals surface area contributed by atoms with Gasteiger partial charge in [0.05, 0.1) is 6.04 Å². The number of carbonyl (C=O) groups is 3. The number of aliphatic carboxylic acids is 1. The summed E-state index contributed by atoms with van der Waals surface area (Å²) in [4.78, 5) is 43.7. The Labute approximate surface area is 223 Å². The number of carboxylic acid groups (broad SMARTS) is 1. The molecule has 1 aromatic heterocycles. The number of alkyl halides is 3. The van der Waals surface area contributed by atoms with E-state index >= 15 is 0 Å². The molecule has 0 saturated carbocycles. The lowest BCUT2D eigenvalue weighted by atomic mass is 9.71. The molecule has 3 aromatic rings. The number of carboxylic acids is 1. The summed E-state index contributed by atoms with van der Waals surface area (Å²) in [6.45, 7) is 1.96. The van der Waals surface area contributed by atoms with E-state index in [1.54, 1.807) is 24.5 Å². The fourth-order valence-corrected chi connectivity index (χ4v) is 5.42. The SMILES string of the molecule is O=C(O)C(F)(F)F.O=C1C[C@H]2N(C(=O)c3ccncc3)CC[C@]2(c2ccccc2)CCN1Cc1ccccc1. The molecule has 0 radical (unpaired) electrons. The molecule has 2 amide bonds. The molecule has 2 atom stereocenters. The molecule has 2 saturated heterocycles. The number of benzene rings is 2. The standard InChI is InChI=1S/C27H27N3O2.C2HF3O2/c31-25-19-24-27(23-9-5-2-6-10-23,13-17-29(25)20-21-7-3-1-4-8-21)14-18-30(24)26(32)22-11-15-28-16-12-22;3-2(4,5)1(6)7/h1-12,15-16,24H,13-14,17-20H2;(H,6,7)/t24-,27+;/m1./s1. The zero-order valence-electron chi connectivity index (χ0n) is 21.1. The molecule has 3 heterocycles. The number of amides is 2. The quantitative estimate of drug-likeness (QED) is 0.520. The zero-order chi connectivity index (χ0) is 28.0. The summed E-state index contributed by atoms with van der Waals surface area (Å²) in [6, 6.07) is 23.9. The fraction of sp³-hybridized carbons (Fsp3) is 0.310. The van der Waals surface area contributed by atoms with Crippen molar-refractivity contribution in [2.45, 2.75) is 43.4 Å². The van der Waals surface area contributed by atoms with Crippen LogP contribution >= 0.6 is 0 Å². The molecule has 2 aliphatic heterocycles. The fourth-order valence-electron chi connectivity index (χ4n) is 5.42. The van der Waals surface area contributed by atoms with Crippen LogP contribution in [0.5, 0.6) is 0 Å². The maximum Gasteiger partial charge on any atom is 0.490 e. The minimum absolute atomic E-state index is 0.0143. The Morgan fingerprint density at radius 1 is 0.923 bits per heavy atom. The van der Waals surface area contributed by atoms with Crippen LogP contribution in [-0.4, -0.2) is 63.0 Å². The molecule has 5 rings (SSSR count). The van der Waals surface area contributed by atoms with Gasteiger partial charge in [-0.3, -0.25) is 14.6 Å². The van der Waals surface area contributed by atoms with Crippen molar-refractivity contribution in [1.29, 1.82) is 0 Å². The minimum atomic E-state index is -5.08. The second kappa shape index (κ2) is 11.7. The summed E-state index contributed by atoms with van der Waals surface area (Å²) in [7, 11) is 0. The van der Waals surface area contributed by atoms with Gasteiger partial charge in [0, 0.05) is 49.4 Å². The summed E-state index contributed by atoms with van der Waals surface area (Å²) >= 11 is 0. The number of aromatic nitrogens is 1. The summed E-state index contributed by atoms with van der Waals surface area (Å²) in [6.07, 6.45) is 0.269. The number of nitrogens with zero attached hydrogens (tertiary/aromatic N) is 3. The largest absolute Gasteiger partial charge is 0.490 e.